The van der Waals surface area contributed by atoms with Gasteiger partial charge in [0.05, 0.1) is 6.04 Å². The molecule has 1 amide bonds. The van der Waals surface area contributed by atoms with Crippen LogP contribution in [0, 0.1) is 0 Å². The molecule has 0 saturated carbocycles. The summed E-state index contributed by atoms with van der Waals surface area (Å²) < 4.78 is 7.80. The van der Waals surface area contributed by atoms with Gasteiger partial charge in [-0.2, -0.15) is 0 Å². The Morgan fingerprint density at radius 3 is 2.14 bits per heavy atom. The first-order valence-corrected chi connectivity index (χ1v) is 10.0. The number of carbonyl (C=O) groups excluding carboxylic acids is 1. The fourth-order valence-corrected chi connectivity index (χ4v) is 4.05. The molecule has 0 bridgehead atoms. The van der Waals surface area contributed by atoms with Gasteiger partial charge in [0.2, 0.25) is 0 Å². The average molecular weight is 417 g/mol. The van der Waals surface area contributed by atoms with Gasteiger partial charge in [0.25, 0.3) is 0 Å². The van der Waals surface area contributed by atoms with Crippen molar-refractivity contribution in [2.24, 2.45) is 0 Å². The topological polar surface area (TPSA) is 34.5 Å². The Balaban J connectivity index is 1.79. The molecule has 4 nitrogen and oxygen atoms in total. The molecule has 1 atom stereocenters. The summed E-state index contributed by atoms with van der Waals surface area (Å²) in [6.45, 7) is 6.71. The first-order valence-electron chi connectivity index (χ1n) is 9.26. The molecule has 146 valence electrons. The number of hydrogen-bond acceptors (Lipinski definition) is 2. The van der Waals surface area contributed by atoms with Crippen molar-refractivity contribution in [3.05, 3.63) is 58.6 Å². The molecule has 0 fully saturated rings. The zero-order valence-corrected chi connectivity index (χ0v) is 17.6. The van der Waals surface area contributed by atoms with Crippen molar-refractivity contribution >= 4 is 51.1 Å². The largest absolute Gasteiger partial charge is 0.444 e. The third-order valence-electron chi connectivity index (χ3n) is 4.80. The van der Waals surface area contributed by atoms with Crippen LogP contribution in [0.2, 0.25) is 10.0 Å². The molecule has 0 radical (unpaired) electrons. The number of aromatic nitrogens is 1. The highest BCUT2D eigenvalue weighted by Gasteiger charge is 2.27. The Morgan fingerprint density at radius 2 is 1.61 bits per heavy atom. The van der Waals surface area contributed by atoms with Gasteiger partial charge in [-0.25, -0.2) is 4.79 Å². The predicted molar refractivity (Wildman–Crippen MR) is 115 cm³/mol. The highest BCUT2D eigenvalue weighted by Crippen LogP contribution is 2.36. The fraction of sp³-hybridized carbons (Fsp3) is 0.318. The summed E-state index contributed by atoms with van der Waals surface area (Å²) >= 11 is 12.5. The molecule has 2 heterocycles. The molecule has 6 heteroatoms. The van der Waals surface area contributed by atoms with Crippen molar-refractivity contribution in [2.75, 3.05) is 13.1 Å². The average Bonchev–Trinajstić information content (AvgIpc) is 2.93. The lowest BCUT2D eigenvalue weighted by Crippen LogP contribution is -2.41. The number of hydrogen-bond donors (Lipinski definition) is 0. The molecule has 1 aromatic heterocycles. The van der Waals surface area contributed by atoms with Crippen LogP contribution in [0.4, 0.5) is 4.79 Å². The maximum atomic E-state index is 12.6. The van der Waals surface area contributed by atoms with E-state index in [1.165, 1.54) is 0 Å². The molecule has 0 N–H and O–H groups in total. The molecule has 2 aromatic carbocycles. The van der Waals surface area contributed by atoms with Gasteiger partial charge in [-0.05, 0) is 57.2 Å². The van der Waals surface area contributed by atoms with Crippen LogP contribution in [0.25, 0.3) is 21.8 Å². The first kappa shape index (κ1) is 19.2. The van der Waals surface area contributed by atoms with Gasteiger partial charge in [-0.15, -0.1) is 0 Å². The number of carbonyl (C=O) groups is 1. The molecule has 0 spiro atoms. The summed E-state index contributed by atoms with van der Waals surface area (Å²) in [4.78, 5) is 14.3. The number of amides is 1. The van der Waals surface area contributed by atoms with Crippen LogP contribution < -0.4 is 0 Å². The van der Waals surface area contributed by atoms with Gasteiger partial charge in [-0.1, -0.05) is 35.4 Å². The van der Waals surface area contributed by atoms with Crippen LogP contribution in [0.15, 0.2) is 48.6 Å². The third kappa shape index (κ3) is 3.59. The lowest BCUT2D eigenvalue weighted by molar-refractivity contribution is 0.0249. The lowest BCUT2D eigenvalue weighted by Gasteiger charge is -2.32. The van der Waals surface area contributed by atoms with Crippen LogP contribution in [-0.2, 0) is 4.74 Å². The van der Waals surface area contributed by atoms with Gasteiger partial charge < -0.3 is 14.2 Å². The minimum atomic E-state index is -0.520. The van der Waals surface area contributed by atoms with E-state index in [0.29, 0.717) is 23.1 Å². The molecular formula is C22H22Cl2N2O2. The number of fused-ring (bicyclic) bond motifs is 3. The van der Waals surface area contributed by atoms with E-state index >= 15 is 0 Å². The Hall–Kier alpha value is -2.17. The van der Waals surface area contributed by atoms with E-state index in [0.717, 1.165) is 21.8 Å². The predicted octanol–water partition coefficient (Wildman–Crippen LogP) is 6.45. The minimum absolute atomic E-state index is 0.0105. The zero-order chi connectivity index (χ0) is 20.1. The van der Waals surface area contributed by atoms with Crippen molar-refractivity contribution in [1.82, 2.24) is 9.47 Å². The van der Waals surface area contributed by atoms with Gasteiger partial charge in [-0.3, -0.25) is 0 Å². The van der Waals surface area contributed by atoms with Gasteiger partial charge in [0.15, 0.2) is 0 Å². The Kier molecular flexibility index (Phi) is 4.80. The Morgan fingerprint density at radius 1 is 1.04 bits per heavy atom. The molecule has 0 unspecified atom stereocenters. The summed E-state index contributed by atoms with van der Waals surface area (Å²) in [7, 11) is 0. The summed E-state index contributed by atoms with van der Waals surface area (Å²) in [5.74, 6) is 0. The number of ether oxygens (including phenoxy) is 1. The quantitative estimate of drug-likeness (QED) is 0.427. The summed E-state index contributed by atoms with van der Waals surface area (Å²) in [6, 6.07) is 11.7. The number of halogens is 2. The smallest absolute Gasteiger partial charge is 0.410 e. The molecular weight excluding hydrogens is 395 g/mol. The van der Waals surface area contributed by atoms with Crippen molar-refractivity contribution < 1.29 is 9.53 Å². The number of rotatable bonds is 1. The number of benzene rings is 2. The monoisotopic (exact) mass is 416 g/mol. The standard InChI is InChI=1S/C22H22Cl2N2O2/c1-22(2,3)28-21(27)25-10-4-5-16(13-25)26-19-8-6-14(23)11-17(19)18-12-15(24)7-9-20(18)26/h4-9,11-12,16H,10,13H2,1-3H3/t16-/m1/s1. The van der Waals surface area contributed by atoms with E-state index in [1.807, 2.05) is 63.2 Å². The second-order valence-corrected chi connectivity index (χ2v) is 8.95. The number of nitrogens with zero attached hydrogens (tertiary/aromatic N) is 2. The van der Waals surface area contributed by atoms with E-state index < -0.39 is 5.60 Å². The second kappa shape index (κ2) is 7.02. The molecule has 1 aliphatic heterocycles. The van der Waals surface area contributed by atoms with E-state index in [1.54, 1.807) is 4.90 Å². The molecule has 3 aromatic rings. The highest BCUT2D eigenvalue weighted by molar-refractivity contribution is 6.33. The fourth-order valence-electron chi connectivity index (χ4n) is 3.70. The van der Waals surface area contributed by atoms with Crippen LogP contribution in [0.5, 0.6) is 0 Å². The molecule has 0 aliphatic carbocycles. The molecule has 1 aliphatic rings. The SMILES string of the molecule is CC(C)(C)OC(=O)N1CC=C[C@@H](n2c3ccc(Cl)cc3c3cc(Cl)ccc32)C1. The Bertz CT molecular complexity index is 1040. The van der Waals surface area contributed by atoms with E-state index in [-0.39, 0.29) is 12.1 Å². The maximum absolute atomic E-state index is 12.6. The Labute approximate surface area is 174 Å². The summed E-state index contributed by atoms with van der Waals surface area (Å²) in [6.07, 6.45) is 3.86. The van der Waals surface area contributed by atoms with E-state index in [9.17, 15) is 4.79 Å². The van der Waals surface area contributed by atoms with Gasteiger partial charge in [0, 0.05) is 44.9 Å². The molecule has 4 rings (SSSR count). The maximum Gasteiger partial charge on any atom is 0.410 e. The van der Waals surface area contributed by atoms with Gasteiger partial charge >= 0.3 is 6.09 Å². The summed E-state index contributed by atoms with van der Waals surface area (Å²) in [5, 5.41) is 3.46. The third-order valence-corrected chi connectivity index (χ3v) is 5.27. The first-order chi connectivity index (χ1) is 13.2. The zero-order valence-electron chi connectivity index (χ0n) is 16.1. The highest BCUT2D eigenvalue weighted by atomic mass is 35.5. The van der Waals surface area contributed by atoms with Crippen molar-refractivity contribution in [2.45, 2.75) is 32.4 Å². The van der Waals surface area contributed by atoms with E-state index in [4.69, 9.17) is 27.9 Å². The minimum Gasteiger partial charge on any atom is -0.444 e. The molecule has 0 saturated heterocycles. The molecule has 28 heavy (non-hydrogen) atoms. The van der Waals surface area contributed by atoms with Crippen LogP contribution >= 0.6 is 23.2 Å². The normalized spacial score (nSPS) is 17.5. The van der Waals surface area contributed by atoms with Crippen molar-refractivity contribution in [1.29, 1.82) is 0 Å². The van der Waals surface area contributed by atoms with Crippen LogP contribution in [-0.4, -0.2) is 34.3 Å². The van der Waals surface area contributed by atoms with Crippen molar-refractivity contribution in [3.8, 4) is 0 Å². The summed E-state index contributed by atoms with van der Waals surface area (Å²) in [5.41, 5.74) is 1.60. The van der Waals surface area contributed by atoms with E-state index in [2.05, 4.69) is 10.6 Å². The van der Waals surface area contributed by atoms with Crippen LogP contribution in [0.3, 0.4) is 0 Å². The lowest BCUT2D eigenvalue weighted by atomic mass is 10.1. The van der Waals surface area contributed by atoms with Crippen LogP contribution in [0.1, 0.15) is 26.8 Å². The second-order valence-electron chi connectivity index (χ2n) is 8.07. The van der Waals surface area contributed by atoms with Gasteiger partial charge in [0.1, 0.15) is 5.60 Å². The van der Waals surface area contributed by atoms with Crippen molar-refractivity contribution in [3.63, 3.8) is 0 Å².